The molecule has 2 atom stereocenters. The SMILES string of the molecule is O=C(NCC1CCCC1CO)c1ccc2cc[nH]c2c1. The van der Waals surface area contributed by atoms with Gasteiger partial charge in [0.2, 0.25) is 0 Å². The number of fused-ring (bicyclic) bond motifs is 1. The molecule has 0 spiro atoms. The van der Waals surface area contributed by atoms with Gasteiger partial charge in [-0.3, -0.25) is 4.79 Å². The summed E-state index contributed by atoms with van der Waals surface area (Å²) in [6.07, 6.45) is 5.20. The molecule has 1 aromatic carbocycles. The Morgan fingerprint density at radius 3 is 3.00 bits per heavy atom. The molecule has 1 saturated carbocycles. The lowest BCUT2D eigenvalue weighted by Gasteiger charge is -2.17. The van der Waals surface area contributed by atoms with Crippen LogP contribution in [0.25, 0.3) is 10.9 Å². The lowest BCUT2D eigenvalue weighted by Crippen LogP contribution is -2.31. The number of benzene rings is 1. The van der Waals surface area contributed by atoms with Crippen LogP contribution < -0.4 is 5.32 Å². The number of amides is 1. The van der Waals surface area contributed by atoms with Crippen LogP contribution in [0.15, 0.2) is 30.5 Å². The van der Waals surface area contributed by atoms with Crippen molar-refractivity contribution in [1.82, 2.24) is 10.3 Å². The van der Waals surface area contributed by atoms with Gasteiger partial charge in [-0.15, -0.1) is 0 Å². The van der Waals surface area contributed by atoms with Gasteiger partial charge in [0, 0.05) is 30.4 Å². The van der Waals surface area contributed by atoms with E-state index in [1.165, 1.54) is 0 Å². The van der Waals surface area contributed by atoms with Gasteiger partial charge in [-0.2, -0.15) is 0 Å². The number of H-pyrrole nitrogens is 1. The van der Waals surface area contributed by atoms with Crippen LogP contribution in [0.2, 0.25) is 0 Å². The molecule has 4 nitrogen and oxygen atoms in total. The van der Waals surface area contributed by atoms with Crippen LogP contribution in [-0.4, -0.2) is 29.1 Å². The summed E-state index contributed by atoms with van der Waals surface area (Å²) in [5, 5.41) is 13.4. The topological polar surface area (TPSA) is 65.1 Å². The van der Waals surface area contributed by atoms with Crippen LogP contribution in [0.3, 0.4) is 0 Å². The summed E-state index contributed by atoms with van der Waals surface area (Å²) >= 11 is 0. The maximum atomic E-state index is 12.2. The Labute approximate surface area is 118 Å². The lowest BCUT2D eigenvalue weighted by atomic mass is 9.97. The molecule has 3 N–H and O–H groups in total. The lowest BCUT2D eigenvalue weighted by molar-refractivity contribution is 0.0938. The fourth-order valence-corrected chi connectivity index (χ4v) is 3.14. The Balaban J connectivity index is 1.63. The van der Waals surface area contributed by atoms with E-state index in [2.05, 4.69) is 10.3 Å². The zero-order valence-electron chi connectivity index (χ0n) is 11.4. The first-order chi connectivity index (χ1) is 9.78. The monoisotopic (exact) mass is 272 g/mol. The highest BCUT2D eigenvalue weighted by Gasteiger charge is 2.26. The van der Waals surface area contributed by atoms with Crippen molar-refractivity contribution < 1.29 is 9.90 Å². The first-order valence-corrected chi connectivity index (χ1v) is 7.24. The fourth-order valence-electron chi connectivity index (χ4n) is 3.14. The minimum Gasteiger partial charge on any atom is -0.396 e. The Hall–Kier alpha value is -1.81. The Kier molecular flexibility index (Phi) is 3.74. The smallest absolute Gasteiger partial charge is 0.251 e. The number of aromatic nitrogens is 1. The molecule has 1 fully saturated rings. The van der Waals surface area contributed by atoms with Crippen molar-refractivity contribution in [2.45, 2.75) is 19.3 Å². The predicted octanol–water partition coefficient (Wildman–Crippen LogP) is 2.31. The first-order valence-electron chi connectivity index (χ1n) is 7.24. The summed E-state index contributed by atoms with van der Waals surface area (Å²) in [4.78, 5) is 15.3. The van der Waals surface area contributed by atoms with Gasteiger partial charge in [0.1, 0.15) is 0 Å². The van der Waals surface area contributed by atoms with Crippen molar-refractivity contribution >= 4 is 16.8 Å². The van der Waals surface area contributed by atoms with E-state index < -0.39 is 0 Å². The molecule has 1 heterocycles. The zero-order chi connectivity index (χ0) is 13.9. The normalized spacial score (nSPS) is 22.2. The number of nitrogens with one attached hydrogen (secondary N) is 2. The molecule has 3 rings (SSSR count). The number of hydrogen-bond donors (Lipinski definition) is 3. The van der Waals surface area contributed by atoms with E-state index in [1.807, 2.05) is 30.5 Å². The summed E-state index contributed by atoms with van der Waals surface area (Å²) in [5.41, 5.74) is 1.66. The van der Waals surface area contributed by atoms with Gasteiger partial charge in [0.25, 0.3) is 5.91 Å². The summed E-state index contributed by atoms with van der Waals surface area (Å²) in [6.45, 7) is 0.891. The third kappa shape index (κ3) is 2.56. The number of hydrogen-bond acceptors (Lipinski definition) is 2. The van der Waals surface area contributed by atoms with Crippen LogP contribution in [0.5, 0.6) is 0 Å². The van der Waals surface area contributed by atoms with E-state index in [9.17, 15) is 9.90 Å². The molecular weight excluding hydrogens is 252 g/mol. The number of carbonyl (C=O) groups is 1. The van der Waals surface area contributed by atoms with Crippen molar-refractivity contribution in [2.24, 2.45) is 11.8 Å². The molecule has 2 unspecified atom stereocenters. The van der Waals surface area contributed by atoms with Gasteiger partial charge in [-0.1, -0.05) is 12.5 Å². The van der Waals surface area contributed by atoms with E-state index >= 15 is 0 Å². The maximum Gasteiger partial charge on any atom is 0.251 e. The molecule has 20 heavy (non-hydrogen) atoms. The van der Waals surface area contributed by atoms with E-state index in [-0.39, 0.29) is 12.5 Å². The molecular formula is C16H20N2O2. The second-order valence-corrected chi connectivity index (χ2v) is 5.62. The van der Waals surface area contributed by atoms with Crippen molar-refractivity contribution in [3.05, 3.63) is 36.0 Å². The zero-order valence-corrected chi connectivity index (χ0v) is 11.4. The van der Waals surface area contributed by atoms with Crippen LogP contribution in [0.1, 0.15) is 29.6 Å². The van der Waals surface area contributed by atoms with E-state index in [4.69, 9.17) is 0 Å². The molecule has 2 aromatic rings. The molecule has 0 bridgehead atoms. The van der Waals surface area contributed by atoms with Gasteiger partial charge in [-0.05, 0) is 48.3 Å². The Morgan fingerprint density at radius 1 is 1.30 bits per heavy atom. The summed E-state index contributed by atoms with van der Waals surface area (Å²) in [5.74, 6) is 0.726. The molecule has 0 radical (unpaired) electrons. The number of aliphatic hydroxyl groups is 1. The number of carbonyl (C=O) groups excluding carboxylic acids is 1. The third-order valence-electron chi connectivity index (χ3n) is 4.39. The van der Waals surface area contributed by atoms with Gasteiger partial charge in [0.15, 0.2) is 0 Å². The second kappa shape index (κ2) is 5.67. The van der Waals surface area contributed by atoms with E-state index in [1.54, 1.807) is 0 Å². The molecule has 1 aliphatic rings. The van der Waals surface area contributed by atoms with E-state index in [0.717, 1.165) is 30.2 Å². The average molecular weight is 272 g/mol. The standard InChI is InChI=1S/C16H20N2O2/c19-10-14-3-1-2-13(14)9-18-16(20)12-5-4-11-6-7-17-15(11)8-12/h4-8,13-14,17,19H,1-3,9-10H2,(H,18,20). The number of aromatic amines is 1. The maximum absolute atomic E-state index is 12.2. The third-order valence-corrected chi connectivity index (χ3v) is 4.39. The highest BCUT2D eigenvalue weighted by molar-refractivity contribution is 5.97. The Bertz CT molecular complexity index is 605. The largest absolute Gasteiger partial charge is 0.396 e. The van der Waals surface area contributed by atoms with Crippen LogP contribution in [-0.2, 0) is 0 Å². The molecule has 1 amide bonds. The fraction of sp³-hybridized carbons (Fsp3) is 0.438. The quantitative estimate of drug-likeness (QED) is 0.799. The Morgan fingerprint density at radius 2 is 2.15 bits per heavy atom. The number of rotatable bonds is 4. The van der Waals surface area contributed by atoms with Crippen molar-refractivity contribution in [3.8, 4) is 0 Å². The molecule has 1 aromatic heterocycles. The van der Waals surface area contributed by atoms with Gasteiger partial charge in [0.05, 0.1) is 0 Å². The first kappa shape index (κ1) is 13.2. The summed E-state index contributed by atoms with van der Waals surface area (Å²) < 4.78 is 0. The van der Waals surface area contributed by atoms with Crippen molar-refractivity contribution in [3.63, 3.8) is 0 Å². The minimum absolute atomic E-state index is 0.0370. The summed E-state index contributed by atoms with van der Waals surface area (Å²) in [7, 11) is 0. The second-order valence-electron chi connectivity index (χ2n) is 5.62. The average Bonchev–Trinajstić information content (AvgIpc) is 3.12. The molecule has 1 aliphatic carbocycles. The van der Waals surface area contributed by atoms with Gasteiger partial charge >= 0.3 is 0 Å². The molecule has 0 aliphatic heterocycles. The highest BCUT2D eigenvalue weighted by Crippen LogP contribution is 2.30. The molecule has 0 saturated heterocycles. The van der Waals surface area contributed by atoms with E-state index in [0.29, 0.717) is 23.9 Å². The van der Waals surface area contributed by atoms with Gasteiger partial charge in [-0.25, -0.2) is 0 Å². The molecule has 106 valence electrons. The summed E-state index contributed by atoms with van der Waals surface area (Å²) in [6, 6.07) is 7.67. The molecule has 4 heteroatoms. The number of aliphatic hydroxyl groups excluding tert-OH is 1. The van der Waals surface area contributed by atoms with Crippen molar-refractivity contribution in [1.29, 1.82) is 0 Å². The predicted molar refractivity (Wildman–Crippen MR) is 78.5 cm³/mol. The van der Waals surface area contributed by atoms with Gasteiger partial charge < -0.3 is 15.4 Å². The van der Waals surface area contributed by atoms with Crippen LogP contribution >= 0.6 is 0 Å². The van der Waals surface area contributed by atoms with Crippen molar-refractivity contribution in [2.75, 3.05) is 13.2 Å². The van der Waals surface area contributed by atoms with Crippen LogP contribution in [0.4, 0.5) is 0 Å². The van der Waals surface area contributed by atoms with Crippen LogP contribution in [0, 0.1) is 11.8 Å². The minimum atomic E-state index is -0.0370. The highest BCUT2D eigenvalue weighted by atomic mass is 16.3.